The molecule has 1 atom stereocenters. The van der Waals surface area contributed by atoms with Crippen LogP contribution in [0.4, 0.5) is 5.69 Å². The van der Waals surface area contributed by atoms with Crippen LogP contribution < -0.4 is 14.8 Å². The third kappa shape index (κ3) is 4.06. The van der Waals surface area contributed by atoms with E-state index in [9.17, 15) is 4.79 Å². The zero-order valence-corrected chi connectivity index (χ0v) is 14.9. The summed E-state index contributed by atoms with van der Waals surface area (Å²) >= 11 is 0. The van der Waals surface area contributed by atoms with Gasteiger partial charge in [0.25, 0.3) is 0 Å². The van der Waals surface area contributed by atoms with Crippen molar-refractivity contribution in [1.82, 2.24) is 4.57 Å². The number of rotatable bonds is 7. The van der Waals surface area contributed by atoms with Crippen molar-refractivity contribution in [3.8, 4) is 11.5 Å². The normalized spacial score (nSPS) is 11.6. The second-order valence-corrected chi connectivity index (χ2v) is 5.87. The molecule has 26 heavy (non-hydrogen) atoms. The molecule has 134 valence electrons. The number of carbonyl (C=O) groups excluding carboxylic acids is 1. The van der Waals surface area contributed by atoms with Gasteiger partial charge in [-0.15, -0.1) is 0 Å². The highest BCUT2D eigenvalue weighted by atomic mass is 16.5. The molecule has 1 amide bonds. The van der Waals surface area contributed by atoms with E-state index in [1.165, 1.54) is 0 Å². The average molecular weight is 350 g/mol. The van der Waals surface area contributed by atoms with Crippen molar-refractivity contribution in [3.05, 3.63) is 78.6 Å². The van der Waals surface area contributed by atoms with E-state index in [1.54, 1.807) is 14.2 Å². The molecule has 0 fully saturated rings. The van der Waals surface area contributed by atoms with Crippen LogP contribution in [0.2, 0.25) is 0 Å². The molecule has 1 N–H and O–H groups in total. The Kier molecular flexibility index (Phi) is 5.59. The lowest BCUT2D eigenvalue weighted by Crippen LogP contribution is -2.20. The minimum atomic E-state index is -0.106. The number of nitrogens with one attached hydrogen (secondary N) is 1. The van der Waals surface area contributed by atoms with Crippen molar-refractivity contribution >= 4 is 11.6 Å². The Morgan fingerprint density at radius 3 is 2.31 bits per heavy atom. The van der Waals surface area contributed by atoms with Gasteiger partial charge in [-0.05, 0) is 42.0 Å². The number of methoxy groups -OCH3 is 2. The quantitative estimate of drug-likeness (QED) is 0.697. The van der Waals surface area contributed by atoms with E-state index in [0.29, 0.717) is 17.9 Å². The molecule has 0 aliphatic heterocycles. The minimum absolute atomic E-state index is 0.0796. The monoisotopic (exact) mass is 350 g/mol. The van der Waals surface area contributed by atoms with Gasteiger partial charge in [0.2, 0.25) is 5.91 Å². The molecule has 5 heteroatoms. The summed E-state index contributed by atoms with van der Waals surface area (Å²) in [6, 6.07) is 19.0. The predicted molar refractivity (Wildman–Crippen MR) is 102 cm³/mol. The molecule has 0 unspecified atom stereocenters. The number of benzene rings is 2. The number of ether oxygens (including phenoxy) is 2. The van der Waals surface area contributed by atoms with Crippen LogP contribution in [0.15, 0.2) is 73.1 Å². The molecule has 0 aliphatic rings. The molecule has 0 saturated carbocycles. The second kappa shape index (κ2) is 8.25. The van der Waals surface area contributed by atoms with Crippen molar-refractivity contribution in [2.24, 2.45) is 0 Å². The molecule has 3 rings (SSSR count). The second-order valence-electron chi connectivity index (χ2n) is 5.87. The van der Waals surface area contributed by atoms with Gasteiger partial charge < -0.3 is 19.4 Å². The number of para-hydroxylation sites is 2. The Bertz CT molecular complexity index is 842. The Morgan fingerprint density at radius 1 is 0.962 bits per heavy atom. The summed E-state index contributed by atoms with van der Waals surface area (Å²) in [5.74, 6) is 1.35. The molecule has 1 heterocycles. The minimum Gasteiger partial charge on any atom is -0.497 e. The lowest BCUT2D eigenvalue weighted by molar-refractivity contribution is -0.116. The van der Waals surface area contributed by atoms with Crippen molar-refractivity contribution < 1.29 is 14.3 Å². The molecule has 0 aliphatic carbocycles. The SMILES string of the molecule is COc1ccc([C@@H](CC(=O)Nc2ccccc2OC)n2cccc2)cc1. The summed E-state index contributed by atoms with van der Waals surface area (Å²) < 4.78 is 12.6. The largest absolute Gasteiger partial charge is 0.497 e. The number of hydrogen-bond donors (Lipinski definition) is 1. The maximum Gasteiger partial charge on any atom is 0.226 e. The summed E-state index contributed by atoms with van der Waals surface area (Å²) in [4.78, 5) is 12.7. The number of anilines is 1. The van der Waals surface area contributed by atoms with E-state index in [1.807, 2.05) is 77.6 Å². The van der Waals surface area contributed by atoms with Crippen LogP contribution >= 0.6 is 0 Å². The standard InChI is InChI=1S/C21H22N2O3/c1-25-17-11-9-16(10-12-17)19(23-13-5-6-14-23)15-21(24)22-18-7-3-4-8-20(18)26-2/h3-14,19H,15H2,1-2H3,(H,22,24)/t19-/m1/s1. The average Bonchev–Trinajstić information content (AvgIpc) is 3.21. The van der Waals surface area contributed by atoms with E-state index in [4.69, 9.17) is 9.47 Å². The van der Waals surface area contributed by atoms with E-state index in [2.05, 4.69) is 5.32 Å². The molecule has 1 aromatic heterocycles. The summed E-state index contributed by atoms with van der Waals surface area (Å²) in [5, 5.41) is 2.94. The first-order chi connectivity index (χ1) is 12.7. The third-order valence-electron chi connectivity index (χ3n) is 4.25. The Labute approximate surface area is 153 Å². The van der Waals surface area contributed by atoms with E-state index >= 15 is 0 Å². The molecule has 2 aromatic carbocycles. The first kappa shape index (κ1) is 17.6. The van der Waals surface area contributed by atoms with Gasteiger partial charge in [0.05, 0.1) is 32.4 Å². The molecule has 5 nitrogen and oxygen atoms in total. The van der Waals surface area contributed by atoms with Gasteiger partial charge >= 0.3 is 0 Å². The van der Waals surface area contributed by atoms with Gasteiger partial charge in [0, 0.05) is 12.4 Å². The van der Waals surface area contributed by atoms with Gasteiger partial charge in [0.15, 0.2) is 0 Å². The van der Waals surface area contributed by atoms with Gasteiger partial charge in [-0.1, -0.05) is 24.3 Å². The molecule has 0 saturated heterocycles. The van der Waals surface area contributed by atoms with Gasteiger partial charge in [-0.2, -0.15) is 0 Å². The smallest absolute Gasteiger partial charge is 0.226 e. The fourth-order valence-corrected chi connectivity index (χ4v) is 2.90. The number of aromatic nitrogens is 1. The first-order valence-electron chi connectivity index (χ1n) is 8.40. The Morgan fingerprint density at radius 2 is 1.65 bits per heavy atom. The van der Waals surface area contributed by atoms with Crippen LogP contribution in [0.25, 0.3) is 0 Å². The van der Waals surface area contributed by atoms with Gasteiger partial charge in [-0.25, -0.2) is 0 Å². The van der Waals surface area contributed by atoms with Crippen LogP contribution in [0.1, 0.15) is 18.0 Å². The Balaban J connectivity index is 1.80. The number of amides is 1. The fourth-order valence-electron chi connectivity index (χ4n) is 2.90. The molecule has 0 spiro atoms. The number of carbonyl (C=O) groups is 1. The van der Waals surface area contributed by atoms with Crippen molar-refractivity contribution in [2.45, 2.75) is 12.5 Å². The lowest BCUT2D eigenvalue weighted by atomic mass is 10.0. The van der Waals surface area contributed by atoms with Crippen LogP contribution in [0, 0.1) is 0 Å². The molecule has 0 bridgehead atoms. The molecule has 0 radical (unpaired) electrons. The molecular formula is C21H22N2O3. The van der Waals surface area contributed by atoms with E-state index < -0.39 is 0 Å². The van der Waals surface area contributed by atoms with Gasteiger partial charge in [0.1, 0.15) is 11.5 Å². The Hall–Kier alpha value is -3.21. The highest BCUT2D eigenvalue weighted by Crippen LogP contribution is 2.27. The van der Waals surface area contributed by atoms with Crippen molar-refractivity contribution in [2.75, 3.05) is 19.5 Å². The lowest BCUT2D eigenvalue weighted by Gasteiger charge is -2.20. The first-order valence-corrected chi connectivity index (χ1v) is 8.40. The van der Waals surface area contributed by atoms with Crippen molar-refractivity contribution in [1.29, 1.82) is 0 Å². The van der Waals surface area contributed by atoms with Crippen molar-refractivity contribution in [3.63, 3.8) is 0 Å². The predicted octanol–water partition coefficient (Wildman–Crippen LogP) is 4.12. The topological polar surface area (TPSA) is 52.5 Å². The van der Waals surface area contributed by atoms with E-state index in [0.717, 1.165) is 11.3 Å². The number of nitrogens with zero attached hydrogens (tertiary/aromatic N) is 1. The summed E-state index contributed by atoms with van der Waals surface area (Å²) in [5.41, 5.74) is 1.71. The summed E-state index contributed by atoms with van der Waals surface area (Å²) in [7, 11) is 3.23. The summed E-state index contributed by atoms with van der Waals surface area (Å²) in [6.45, 7) is 0. The highest BCUT2D eigenvalue weighted by molar-refractivity contribution is 5.92. The van der Waals surface area contributed by atoms with Crippen LogP contribution in [-0.4, -0.2) is 24.7 Å². The summed E-state index contributed by atoms with van der Waals surface area (Å²) in [6.07, 6.45) is 4.23. The zero-order valence-electron chi connectivity index (χ0n) is 14.9. The number of hydrogen-bond acceptors (Lipinski definition) is 3. The fraction of sp³-hybridized carbons (Fsp3) is 0.190. The van der Waals surface area contributed by atoms with Gasteiger partial charge in [-0.3, -0.25) is 4.79 Å². The highest BCUT2D eigenvalue weighted by Gasteiger charge is 2.18. The third-order valence-corrected chi connectivity index (χ3v) is 4.25. The maximum absolute atomic E-state index is 12.7. The zero-order chi connectivity index (χ0) is 18.4. The molecular weight excluding hydrogens is 328 g/mol. The van der Waals surface area contributed by atoms with E-state index in [-0.39, 0.29) is 11.9 Å². The maximum atomic E-state index is 12.7. The van der Waals surface area contributed by atoms with Crippen LogP contribution in [-0.2, 0) is 4.79 Å². The van der Waals surface area contributed by atoms with Crippen LogP contribution in [0.3, 0.4) is 0 Å². The van der Waals surface area contributed by atoms with Crippen LogP contribution in [0.5, 0.6) is 11.5 Å². The molecule has 3 aromatic rings.